The Labute approximate surface area is 50.2 Å². The van der Waals surface area contributed by atoms with Crippen LogP contribution in [0.2, 0.25) is 0 Å². The third-order valence-corrected chi connectivity index (χ3v) is 1.08. The number of hydrogen-bond donors (Lipinski definition) is 2. The zero-order valence-electron chi connectivity index (χ0n) is 5.33. The minimum atomic E-state index is -0.685. The van der Waals surface area contributed by atoms with Crippen molar-refractivity contribution in [2.75, 3.05) is 0 Å². The second-order valence-electron chi connectivity index (χ2n) is 2.21. The van der Waals surface area contributed by atoms with Gasteiger partial charge in [-0.05, 0) is 19.8 Å². The van der Waals surface area contributed by atoms with E-state index in [1.165, 1.54) is 0 Å². The summed E-state index contributed by atoms with van der Waals surface area (Å²) in [6.45, 7) is 6.86. The third kappa shape index (κ3) is 2.28. The smallest absolute Gasteiger partial charge is 0.0821 e. The molecule has 0 rings (SSSR count). The summed E-state index contributed by atoms with van der Waals surface area (Å²) in [5.41, 5.74) is 0. The highest BCUT2D eigenvalue weighted by Gasteiger charge is 2.13. The van der Waals surface area contributed by atoms with Crippen LogP contribution in [0.3, 0.4) is 0 Å². The average molecular weight is 117 g/mol. The molecule has 1 radical (unpaired) electrons. The minimum Gasteiger partial charge on any atom is -0.391 e. The molecular formula is C6H13O2. The predicted molar refractivity (Wildman–Crippen MR) is 32.2 cm³/mol. The summed E-state index contributed by atoms with van der Waals surface area (Å²) in [5, 5.41) is 17.6. The van der Waals surface area contributed by atoms with Gasteiger partial charge in [0.1, 0.15) is 0 Å². The van der Waals surface area contributed by atoms with Gasteiger partial charge in [0.2, 0.25) is 0 Å². The van der Waals surface area contributed by atoms with Crippen LogP contribution in [0.4, 0.5) is 0 Å². The van der Waals surface area contributed by atoms with Gasteiger partial charge >= 0.3 is 0 Å². The summed E-state index contributed by atoms with van der Waals surface area (Å²) in [5.74, 6) is -0.102. The van der Waals surface area contributed by atoms with Crippen LogP contribution in [0.5, 0.6) is 0 Å². The van der Waals surface area contributed by atoms with Crippen molar-refractivity contribution in [1.29, 1.82) is 0 Å². The lowest BCUT2D eigenvalue weighted by atomic mass is 10.0. The summed E-state index contributed by atoms with van der Waals surface area (Å²) in [6.07, 6.45) is -1.35. The van der Waals surface area contributed by atoms with Gasteiger partial charge < -0.3 is 10.2 Å². The largest absolute Gasteiger partial charge is 0.391 e. The van der Waals surface area contributed by atoms with Gasteiger partial charge in [0, 0.05) is 0 Å². The van der Waals surface area contributed by atoms with Crippen molar-refractivity contribution in [2.24, 2.45) is 5.92 Å². The van der Waals surface area contributed by atoms with E-state index >= 15 is 0 Å². The molecule has 0 spiro atoms. The summed E-state index contributed by atoms with van der Waals surface area (Å²) in [4.78, 5) is 0. The fraction of sp³-hybridized carbons (Fsp3) is 0.833. The lowest BCUT2D eigenvalue weighted by molar-refractivity contribution is 0.00909. The molecule has 8 heavy (non-hydrogen) atoms. The van der Waals surface area contributed by atoms with Gasteiger partial charge in [-0.2, -0.15) is 0 Å². The molecule has 0 aromatic rings. The summed E-state index contributed by atoms with van der Waals surface area (Å²) in [7, 11) is 0. The molecule has 0 aliphatic rings. The first kappa shape index (κ1) is 7.92. The van der Waals surface area contributed by atoms with Gasteiger partial charge in [-0.3, -0.25) is 0 Å². The normalized spacial score (nSPS) is 18.8. The van der Waals surface area contributed by atoms with Crippen molar-refractivity contribution in [3.05, 3.63) is 6.92 Å². The zero-order chi connectivity index (χ0) is 6.73. The Morgan fingerprint density at radius 3 is 1.62 bits per heavy atom. The van der Waals surface area contributed by atoms with Crippen LogP contribution < -0.4 is 0 Å². The first-order valence-corrected chi connectivity index (χ1v) is 2.75. The van der Waals surface area contributed by atoms with Crippen molar-refractivity contribution in [3.8, 4) is 0 Å². The van der Waals surface area contributed by atoms with Gasteiger partial charge in [-0.1, -0.05) is 6.92 Å². The van der Waals surface area contributed by atoms with E-state index in [-0.39, 0.29) is 5.92 Å². The average Bonchev–Trinajstić information content (AvgIpc) is 1.64. The van der Waals surface area contributed by atoms with Crippen molar-refractivity contribution < 1.29 is 10.2 Å². The van der Waals surface area contributed by atoms with Crippen molar-refractivity contribution in [3.63, 3.8) is 0 Å². The Morgan fingerprint density at radius 1 is 1.25 bits per heavy atom. The van der Waals surface area contributed by atoms with Crippen molar-refractivity contribution in [1.82, 2.24) is 0 Å². The molecule has 3 atom stereocenters. The molecule has 2 N–H and O–H groups in total. The van der Waals surface area contributed by atoms with Crippen LogP contribution in [0, 0.1) is 12.8 Å². The lowest BCUT2D eigenvalue weighted by Crippen LogP contribution is -2.27. The monoisotopic (exact) mass is 117 g/mol. The maximum Gasteiger partial charge on any atom is 0.0821 e. The van der Waals surface area contributed by atoms with Crippen LogP contribution in [-0.2, 0) is 0 Å². The third-order valence-electron chi connectivity index (χ3n) is 1.08. The molecular weight excluding hydrogens is 104 g/mol. The van der Waals surface area contributed by atoms with Gasteiger partial charge in [-0.25, -0.2) is 0 Å². The van der Waals surface area contributed by atoms with E-state index in [0.717, 1.165) is 0 Å². The number of rotatable bonds is 2. The van der Waals surface area contributed by atoms with E-state index in [1.54, 1.807) is 13.8 Å². The SMILES string of the molecule is [CH2]C(C)C(O)C(C)O. The molecule has 0 saturated carbocycles. The zero-order valence-corrected chi connectivity index (χ0v) is 5.33. The van der Waals surface area contributed by atoms with E-state index in [9.17, 15) is 0 Å². The molecule has 0 fully saturated rings. The maximum absolute atomic E-state index is 8.89. The number of aliphatic hydroxyl groups excluding tert-OH is 2. The quantitative estimate of drug-likeness (QED) is 0.542. The molecule has 49 valence electrons. The molecule has 2 heteroatoms. The van der Waals surface area contributed by atoms with Gasteiger partial charge in [0.25, 0.3) is 0 Å². The summed E-state index contributed by atoms with van der Waals surface area (Å²) in [6, 6.07) is 0. The van der Waals surface area contributed by atoms with Gasteiger partial charge in [0.15, 0.2) is 0 Å². The molecule has 0 aliphatic carbocycles. The van der Waals surface area contributed by atoms with E-state index in [0.29, 0.717) is 0 Å². The van der Waals surface area contributed by atoms with Gasteiger partial charge in [-0.15, -0.1) is 0 Å². The Hall–Kier alpha value is -0.0800. The van der Waals surface area contributed by atoms with Crippen LogP contribution in [-0.4, -0.2) is 22.4 Å². The highest BCUT2D eigenvalue weighted by molar-refractivity contribution is 4.70. The van der Waals surface area contributed by atoms with E-state index < -0.39 is 12.2 Å². The molecule has 0 aromatic carbocycles. The predicted octanol–water partition coefficient (Wildman–Crippen LogP) is 0.198. The van der Waals surface area contributed by atoms with Crippen LogP contribution in [0.1, 0.15) is 13.8 Å². The number of hydrogen-bond acceptors (Lipinski definition) is 2. The maximum atomic E-state index is 8.89. The Balaban J connectivity index is 3.46. The fourth-order valence-corrected chi connectivity index (χ4v) is 0.475. The molecule has 0 bridgehead atoms. The van der Waals surface area contributed by atoms with Crippen molar-refractivity contribution >= 4 is 0 Å². The highest BCUT2D eigenvalue weighted by Crippen LogP contribution is 2.03. The fourth-order valence-electron chi connectivity index (χ4n) is 0.475. The van der Waals surface area contributed by atoms with Gasteiger partial charge in [0.05, 0.1) is 12.2 Å². The second-order valence-corrected chi connectivity index (χ2v) is 2.21. The molecule has 0 saturated heterocycles. The van der Waals surface area contributed by atoms with Crippen LogP contribution in [0.15, 0.2) is 0 Å². The second kappa shape index (κ2) is 3.05. The molecule has 0 heterocycles. The van der Waals surface area contributed by atoms with Crippen LogP contribution in [0.25, 0.3) is 0 Å². The first-order chi connectivity index (χ1) is 3.55. The molecule has 2 nitrogen and oxygen atoms in total. The van der Waals surface area contributed by atoms with E-state index in [1.807, 2.05) is 0 Å². The highest BCUT2D eigenvalue weighted by atomic mass is 16.3. The topological polar surface area (TPSA) is 40.5 Å². The Kier molecular flexibility index (Phi) is 3.02. The lowest BCUT2D eigenvalue weighted by Gasteiger charge is -2.16. The molecule has 0 amide bonds. The van der Waals surface area contributed by atoms with Crippen LogP contribution >= 0.6 is 0 Å². The number of aliphatic hydroxyl groups is 2. The summed E-state index contributed by atoms with van der Waals surface area (Å²) >= 11 is 0. The first-order valence-electron chi connectivity index (χ1n) is 2.75. The molecule has 0 aromatic heterocycles. The Morgan fingerprint density at radius 2 is 1.62 bits per heavy atom. The Bertz CT molecular complexity index is 51.5. The molecule has 0 aliphatic heterocycles. The summed E-state index contributed by atoms with van der Waals surface area (Å²) < 4.78 is 0. The minimum absolute atomic E-state index is 0.102. The molecule has 3 unspecified atom stereocenters. The van der Waals surface area contributed by atoms with E-state index in [2.05, 4.69) is 6.92 Å². The van der Waals surface area contributed by atoms with Crippen molar-refractivity contribution in [2.45, 2.75) is 26.1 Å². The standard InChI is InChI=1S/C6H13O2/c1-4(2)6(8)5(3)7/h4-8H,1H2,2-3H3. The van der Waals surface area contributed by atoms with E-state index in [4.69, 9.17) is 10.2 Å².